The SMILES string of the molecule is CCC1CCCC[NH+]1CC.[F-]. The van der Waals surface area contributed by atoms with Crippen LogP contribution in [0.15, 0.2) is 0 Å². The van der Waals surface area contributed by atoms with E-state index >= 15 is 0 Å². The fourth-order valence-corrected chi connectivity index (χ4v) is 2.11. The zero-order chi connectivity index (χ0) is 7.40. The maximum absolute atomic E-state index is 2.33. The number of likely N-dealkylation sites (tertiary alicyclic amines) is 1. The third kappa shape index (κ3) is 2.78. The van der Waals surface area contributed by atoms with Crippen molar-refractivity contribution in [2.45, 2.75) is 45.6 Å². The molecule has 0 aromatic carbocycles. The number of quaternary nitrogens is 1. The number of nitrogens with one attached hydrogen (secondary N) is 1. The molecule has 1 nitrogen and oxygen atoms in total. The molecule has 0 aromatic heterocycles. The van der Waals surface area contributed by atoms with Crippen LogP contribution < -0.4 is 9.60 Å². The van der Waals surface area contributed by atoms with Crippen molar-refractivity contribution in [3.63, 3.8) is 0 Å². The molecule has 2 atom stereocenters. The second-order valence-electron chi connectivity index (χ2n) is 3.36. The van der Waals surface area contributed by atoms with Crippen LogP contribution in [0.2, 0.25) is 0 Å². The average Bonchev–Trinajstić information content (AvgIpc) is 2.04. The Balaban J connectivity index is 0.000001000. The molecular formula is C9H20FN. The lowest BCUT2D eigenvalue weighted by molar-refractivity contribution is -0.929. The summed E-state index contributed by atoms with van der Waals surface area (Å²) in [6.07, 6.45) is 5.78. The van der Waals surface area contributed by atoms with Crippen LogP contribution in [0.3, 0.4) is 0 Å². The number of hydrogen-bond acceptors (Lipinski definition) is 0. The van der Waals surface area contributed by atoms with Crippen LogP contribution in [0.4, 0.5) is 0 Å². The monoisotopic (exact) mass is 161 g/mol. The van der Waals surface area contributed by atoms with Gasteiger partial charge in [0.15, 0.2) is 0 Å². The smallest absolute Gasteiger partial charge is 0.0871 e. The molecule has 0 aliphatic carbocycles. The Morgan fingerprint density at radius 1 is 1.27 bits per heavy atom. The lowest BCUT2D eigenvalue weighted by Gasteiger charge is -2.30. The van der Waals surface area contributed by atoms with Gasteiger partial charge in [0.05, 0.1) is 19.1 Å². The van der Waals surface area contributed by atoms with Crippen molar-refractivity contribution < 1.29 is 9.60 Å². The molecule has 1 heterocycles. The van der Waals surface area contributed by atoms with Crippen LogP contribution >= 0.6 is 0 Å². The minimum Gasteiger partial charge on any atom is -1.00 e. The lowest BCUT2D eigenvalue weighted by atomic mass is 10.0. The van der Waals surface area contributed by atoms with Gasteiger partial charge in [0.2, 0.25) is 0 Å². The molecule has 0 aromatic rings. The van der Waals surface area contributed by atoms with Crippen molar-refractivity contribution in [2.24, 2.45) is 0 Å². The third-order valence-electron chi connectivity index (χ3n) is 2.82. The van der Waals surface area contributed by atoms with E-state index in [0.29, 0.717) is 0 Å². The van der Waals surface area contributed by atoms with Gasteiger partial charge >= 0.3 is 0 Å². The van der Waals surface area contributed by atoms with Crippen molar-refractivity contribution in [3.8, 4) is 0 Å². The molecule has 1 saturated heterocycles. The first-order valence-corrected chi connectivity index (χ1v) is 4.73. The van der Waals surface area contributed by atoms with Gasteiger partial charge in [-0.2, -0.15) is 0 Å². The second-order valence-corrected chi connectivity index (χ2v) is 3.36. The highest BCUT2D eigenvalue weighted by Crippen LogP contribution is 2.04. The van der Waals surface area contributed by atoms with Crippen LogP contribution in [-0.2, 0) is 0 Å². The van der Waals surface area contributed by atoms with Gasteiger partial charge in [-0.15, -0.1) is 0 Å². The van der Waals surface area contributed by atoms with Gasteiger partial charge in [0.25, 0.3) is 0 Å². The molecule has 1 fully saturated rings. The fraction of sp³-hybridized carbons (Fsp3) is 1.00. The average molecular weight is 161 g/mol. The highest BCUT2D eigenvalue weighted by atomic mass is 19.0. The van der Waals surface area contributed by atoms with Crippen LogP contribution in [0.25, 0.3) is 0 Å². The molecule has 1 aliphatic heterocycles. The molecule has 1 rings (SSSR count). The van der Waals surface area contributed by atoms with Crippen LogP contribution in [0, 0.1) is 0 Å². The number of hydrogen-bond donors (Lipinski definition) is 1. The second kappa shape index (κ2) is 5.53. The molecule has 68 valence electrons. The molecule has 0 saturated carbocycles. The number of piperidine rings is 1. The van der Waals surface area contributed by atoms with Crippen LogP contribution in [0.5, 0.6) is 0 Å². The summed E-state index contributed by atoms with van der Waals surface area (Å²) >= 11 is 0. The van der Waals surface area contributed by atoms with Crippen molar-refractivity contribution in [2.75, 3.05) is 13.1 Å². The van der Waals surface area contributed by atoms with Crippen LogP contribution in [-0.4, -0.2) is 19.1 Å². The fourth-order valence-electron chi connectivity index (χ4n) is 2.11. The van der Waals surface area contributed by atoms with Crippen molar-refractivity contribution >= 4 is 0 Å². The zero-order valence-corrected chi connectivity index (χ0v) is 7.70. The Hall–Kier alpha value is -0.110. The zero-order valence-electron chi connectivity index (χ0n) is 7.70. The maximum atomic E-state index is 2.33. The Kier molecular flexibility index (Phi) is 5.47. The first-order chi connectivity index (χ1) is 4.88. The van der Waals surface area contributed by atoms with Gasteiger partial charge in [-0.25, -0.2) is 0 Å². The molecule has 0 radical (unpaired) electrons. The Morgan fingerprint density at radius 3 is 2.45 bits per heavy atom. The van der Waals surface area contributed by atoms with E-state index < -0.39 is 0 Å². The predicted octanol–water partition coefficient (Wildman–Crippen LogP) is -2.14. The molecule has 0 bridgehead atoms. The molecule has 0 spiro atoms. The molecule has 1 aliphatic rings. The summed E-state index contributed by atoms with van der Waals surface area (Å²) in [6, 6.07) is 0.985. The first kappa shape index (κ1) is 10.9. The molecular weight excluding hydrogens is 141 g/mol. The minimum atomic E-state index is 0. The van der Waals surface area contributed by atoms with Crippen LogP contribution in [0.1, 0.15) is 39.5 Å². The van der Waals surface area contributed by atoms with Gasteiger partial charge < -0.3 is 9.60 Å². The van der Waals surface area contributed by atoms with Crippen molar-refractivity contribution in [1.29, 1.82) is 0 Å². The summed E-state index contributed by atoms with van der Waals surface area (Å²) < 4.78 is 0. The summed E-state index contributed by atoms with van der Waals surface area (Å²) in [5.74, 6) is 0. The van der Waals surface area contributed by atoms with Crippen molar-refractivity contribution in [3.05, 3.63) is 0 Å². The molecule has 1 N–H and O–H groups in total. The summed E-state index contributed by atoms with van der Waals surface area (Å²) in [4.78, 5) is 1.84. The molecule has 0 amide bonds. The van der Waals surface area contributed by atoms with Gasteiger partial charge in [0, 0.05) is 0 Å². The summed E-state index contributed by atoms with van der Waals surface area (Å²) in [7, 11) is 0. The first-order valence-electron chi connectivity index (χ1n) is 4.73. The molecule has 11 heavy (non-hydrogen) atoms. The summed E-state index contributed by atoms with van der Waals surface area (Å²) in [5.41, 5.74) is 0. The summed E-state index contributed by atoms with van der Waals surface area (Å²) in [6.45, 7) is 7.39. The third-order valence-corrected chi connectivity index (χ3v) is 2.82. The quantitative estimate of drug-likeness (QED) is 0.471. The van der Waals surface area contributed by atoms with Gasteiger partial charge in [0.1, 0.15) is 0 Å². The lowest BCUT2D eigenvalue weighted by Crippen LogP contribution is -3.16. The largest absolute Gasteiger partial charge is 1.00 e. The minimum absolute atomic E-state index is 0. The van der Waals surface area contributed by atoms with E-state index in [1.807, 2.05) is 4.90 Å². The van der Waals surface area contributed by atoms with Gasteiger partial charge in [-0.05, 0) is 32.6 Å². The molecule has 2 heteroatoms. The Labute approximate surface area is 69.1 Å². The van der Waals surface area contributed by atoms with E-state index in [2.05, 4.69) is 13.8 Å². The van der Waals surface area contributed by atoms with E-state index in [4.69, 9.17) is 0 Å². The van der Waals surface area contributed by atoms with E-state index in [1.54, 1.807) is 0 Å². The normalized spacial score (nSPS) is 31.1. The van der Waals surface area contributed by atoms with E-state index in [9.17, 15) is 0 Å². The van der Waals surface area contributed by atoms with Crippen molar-refractivity contribution in [1.82, 2.24) is 0 Å². The topological polar surface area (TPSA) is 4.44 Å². The highest BCUT2D eigenvalue weighted by molar-refractivity contribution is 4.58. The number of halogens is 1. The van der Waals surface area contributed by atoms with E-state index in [1.165, 1.54) is 38.8 Å². The predicted molar refractivity (Wildman–Crippen MR) is 44.3 cm³/mol. The van der Waals surface area contributed by atoms with Gasteiger partial charge in [-0.1, -0.05) is 6.92 Å². The Bertz CT molecular complexity index is 83.6. The van der Waals surface area contributed by atoms with E-state index in [0.717, 1.165) is 6.04 Å². The van der Waals surface area contributed by atoms with E-state index in [-0.39, 0.29) is 4.70 Å². The standard InChI is InChI=1S/C9H19N.FH/c1-3-9-7-5-6-8-10(9)4-2;/h9H,3-8H2,1-2H3;1H. The maximum Gasteiger partial charge on any atom is 0.0871 e. The highest BCUT2D eigenvalue weighted by Gasteiger charge is 2.21. The summed E-state index contributed by atoms with van der Waals surface area (Å²) in [5, 5.41) is 0. The van der Waals surface area contributed by atoms with Gasteiger partial charge in [-0.3, -0.25) is 0 Å². The molecule has 2 unspecified atom stereocenters. The Morgan fingerprint density at radius 2 is 2.00 bits per heavy atom. The number of rotatable bonds is 2.